The molecule has 1 heterocycles. The second kappa shape index (κ2) is 6.17. The summed E-state index contributed by atoms with van der Waals surface area (Å²) in [6, 6.07) is 15.4. The molecule has 0 N–H and O–H groups in total. The number of aryl methyl sites for hydroxylation is 1. The first-order chi connectivity index (χ1) is 11.7. The lowest BCUT2D eigenvalue weighted by atomic mass is 9.84. The highest BCUT2D eigenvalue weighted by Crippen LogP contribution is 2.40. The zero-order chi connectivity index (χ0) is 18.2. The molecule has 0 amide bonds. The largest absolute Gasteiger partial charge is 0.394 e. The Bertz CT molecular complexity index is 910. The summed E-state index contributed by atoms with van der Waals surface area (Å²) in [4.78, 5) is 4.48. The van der Waals surface area contributed by atoms with E-state index in [1.807, 2.05) is 43.3 Å². The van der Waals surface area contributed by atoms with Crippen LogP contribution in [0.15, 0.2) is 54.7 Å². The molecule has 1 nitrogen and oxygen atoms in total. The molecule has 0 saturated carbocycles. The van der Waals surface area contributed by atoms with E-state index in [0.717, 1.165) is 27.6 Å². The fourth-order valence-corrected chi connectivity index (χ4v) is 2.97. The molecule has 0 bridgehead atoms. The van der Waals surface area contributed by atoms with Crippen molar-refractivity contribution in [1.82, 2.24) is 4.98 Å². The van der Waals surface area contributed by atoms with E-state index in [9.17, 15) is 13.2 Å². The first-order valence-corrected chi connectivity index (χ1v) is 8.19. The Morgan fingerprint density at radius 1 is 0.960 bits per heavy atom. The standard InChI is InChI=1S/C21H20F3N/c1-14-5-4-6-17(11-14)19-18-8-7-15(12-16(18)9-10-25-19)13-20(2,3)21(22,23)24/h4-12H,13H2,1-3H3. The molecule has 0 unspecified atom stereocenters. The van der Waals surface area contributed by atoms with Gasteiger partial charge in [-0.3, -0.25) is 4.98 Å². The highest BCUT2D eigenvalue weighted by Gasteiger charge is 2.46. The smallest absolute Gasteiger partial charge is 0.256 e. The number of halogens is 3. The van der Waals surface area contributed by atoms with Gasteiger partial charge in [-0.15, -0.1) is 0 Å². The van der Waals surface area contributed by atoms with Crippen molar-refractivity contribution in [3.05, 3.63) is 65.9 Å². The summed E-state index contributed by atoms with van der Waals surface area (Å²) in [6.45, 7) is 4.50. The number of aromatic nitrogens is 1. The molecule has 4 heteroatoms. The van der Waals surface area contributed by atoms with Gasteiger partial charge in [0, 0.05) is 17.1 Å². The van der Waals surface area contributed by atoms with Crippen molar-refractivity contribution in [3.63, 3.8) is 0 Å². The van der Waals surface area contributed by atoms with Gasteiger partial charge in [-0.05, 0) is 36.4 Å². The van der Waals surface area contributed by atoms with Crippen LogP contribution in [0.3, 0.4) is 0 Å². The van der Waals surface area contributed by atoms with Crippen LogP contribution in [0.5, 0.6) is 0 Å². The van der Waals surface area contributed by atoms with Crippen molar-refractivity contribution in [1.29, 1.82) is 0 Å². The number of rotatable bonds is 3. The average Bonchev–Trinajstić information content (AvgIpc) is 2.52. The zero-order valence-corrected chi connectivity index (χ0v) is 14.5. The molecule has 2 aromatic carbocycles. The van der Waals surface area contributed by atoms with Crippen molar-refractivity contribution in [2.45, 2.75) is 33.4 Å². The van der Waals surface area contributed by atoms with Crippen LogP contribution < -0.4 is 0 Å². The van der Waals surface area contributed by atoms with E-state index in [4.69, 9.17) is 0 Å². The molecule has 0 spiro atoms. The minimum atomic E-state index is -4.23. The van der Waals surface area contributed by atoms with Crippen LogP contribution in [0.4, 0.5) is 13.2 Å². The summed E-state index contributed by atoms with van der Waals surface area (Å²) in [6.07, 6.45) is -2.57. The zero-order valence-electron chi connectivity index (χ0n) is 14.5. The highest BCUT2D eigenvalue weighted by atomic mass is 19.4. The third-order valence-electron chi connectivity index (χ3n) is 4.53. The van der Waals surface area contributed by atoms with E-state index in [-0.39, 0.29) is 6.42 Å². The number of nitrogens with zero attached hydrogens (tertiary/aromatic N) is 1. The molecule has 25 heavy (non-hydrogen) atoms. The number of alkyl halides is 3. The van der Waals surface area contributed by atoms with E-state index in [1.54, 1.807) is 12.3 Å². The van der Waals surface area contributed by atoms with Gasteiger partial charge in [0.15, 0.2) is 0 Å². The Balaban J connectivity index is 2.03. The summed E-state index contributed by atoms with van der Waals surface area (Å²) in [5.74, 6) is 0. The van der Waals surface area contributed by atoms with Crippen LogP contribution in [0.2, 0.25) is 0 Å². The Kier molecular flexibility index (Phi) is 4.31. The van der Waals surface area contributed by atoms with E-state index >= 15 is 0 Å². The lowest BCUT2D eigenvalue weighted by Crippen LogP contribution is -2.34. The van der Waals surface area contributed by atoms with Gasteiger partial charge in [0.25, 0.3) is 0 Å². The molecule has 3 aromatic rings. The number of pyridine rings is 1. The SMILES string of the molecule is Cc1cccc(-c2nccc3cc(CC(C)(C)C(F)(F)F)ccc23)c1. The molecule has 130 valence electrons. The van der Waals surface area contributed by atoms with E-state index in [0.29, 0.717) is 5.56 Å². The van der Waals surface area contributed by atoms with Gasteiger partial charge in [-0.1, -0.05) is 55.8 Å². The van der Waals surface area contributed by atoms with Gasteiger partial charge in [0.2, 0.25) is 0 Å². The summed E-state index contributed by atoms with van der Waals surface area (Å²) >= 11 is 0. The molecule has 0 fully saturated rings. The first kappa shape index (κ1) is 17.5. The van der Waals surface area contributed by atoms with Gasteiger partial charge in [-0.25, -0.2) is 0 Å². The third kappa shape index (κ3) is 3.53. The Morgan fingerprint density at radius 3 is 2.40 bits per heavy atom. The summed E-state index contributed by atoms with van der Waals surface area (Å²) < 4.78 is 39.4. The minimum absolute atomic E-state index is 0.0471. The predicted molar refractivity (Wildman–Crippen MR) is 95.5 cm³/mol. The molecule has 0 radical (unpaired) electrons. The molecule has 0 atom stereocenters. The molecule has 3 rings (SSSR count). The van der Waals surface area contributed by atoms with E-state index in [2.05, 4.69) is 11.1 Å². The van der Waals surface area contributed by atoms with Crippen LogP contribution in [0, 0.1) is 12.3 Å². The summed E-state index contributed by atoms with van der Waals surface area (Å²) in [7, 11) is 0. The van der Waals surface area contributed by atoms with Gasteiger partial charge < -0.3 is 0 Å². The van der Waals surface area contributed by atoms with Gasteiger partial charge >= 0.3 is 6.18 Å². The van der Waals surface area contributed by atoms with Gasteiger partial charge in [0.05, 0.1) is 11.1 Å². The third-order valence-corrected chi connectivity index (χ3v) is 4.53. The Labute approximate surface area is 145 Å². The monoisotopic (exact) mass is 343 g/mol. The van der Waals surface area contributed by atoms with Crippen molar-refractivity contribution >= 4 is 10.8 Å². The van der Waals surface area contributed by atoms with Crippen LogP contribution in [-0.4, -0.2) is 11.2 Å². The second-order valence-corrected chi connectivity index (χ2v) is 7.14. The van der Waals surface area contributed by atoms with Crippen molar-refractivity contribution < 1.29 is 13.2 Å². The van der Waals surface area contributed by atoms with Crippen LogP contribution in [0.1, 0.15) is 25.0 Å². The molecule has 0 aliphatic heterocycles. The summed E-state index contributed by atoms with van der Waals surface area (Å²) in [5.41, 5.74) is 1.92. The molecular weight excluding hydrogens is 323 g/mol. The van der Waals surface area contributed by atoms with Crippen LogP contribution >= 0.6 is 0 Å². The normalized spacial score (nSPS) is 12.6. The first-order valence-electron chi connectivity index (χ1n) is 8.19. The fourth-order valence-electron chi connectivity index (χ4n) is 2.97. The topological polar surface area (TPSA) is 12.9 Å². The number of hydrogen-bond acceptors (Lipinski definition) is 1. The molecule has 1 aromatic heterocycles. The quantitative estimate of drug-likeness (QED) is 0.540. The maximum Gasteiger partial charge on any atom is 0.394 e. The van der Waals surface area contributed by atoms with Gasteiger partial charge in [-0.2, -0.15) is 13.2 Å². The predicted octanol–water partition coefficient (Wildman–Crippen LogP) is 6.34. The fraction of sp³-hybridized carbons (Fsp3) is 0.286. The average molecular weight is 343 g/mol. The minimum Gasteiger partial charge on any atom is -0.256 e. The Hall–Kier alpha value is -2.36. The van der Waals surface area contributed by atoms with Crippen LogP contribution in [-0.2, 0) is 6.42 Å². The molecule has 0 saturated heterocycles. The lowest BCUT2D eigenvalue weighted by Gasteiger charge is -2.27. The van der Waals surface area contributed by atoms with Crippen molar-refractivity contribution in [2.24, 2.45) is 5.41 Å². The van der Waals surface area contributed by atoms with E-state index < -0.39 is 11.6 Å². The maximum atomic E-state index is 13.1. The highest BCUT2D eigenvalue weighted by molar-refractivity contribution is 5.94. The maximum absolute atomic E-state index is 13.1. The second-order valence-electron chi connectivity index (χ2n) is 7.14. The summed E-state index contributed by atoms with van der Waals surface area (Å²) in [5, 5.41) is 1.85. The number of benzene rings is 2. The van der Waals surface area contributed by atoms with Crippen LogP contribution in [0.25, 0.3) is 22.0 Å². The van der Waals surface area contributed by atoms with Crippen molar-refractivity contribution in [3.8, 4) is 11.3 Å². The van der Waals surface area contributed by atoms with Crippen molar-refractivity contribution in [2.75, 3.05) is 0 Å². The molecule has 0 aliphatic carbocycles. The van der Waals surface area contributed by atoms with Gasteiger partial charge in [0.1, 0.15) is 0 Å². The number of fused-ring (bicyclic) bond motifs is 1. The van der Waals surface area contributed by atoms with E-state index in [1.165, 1.54) is 13.8 Å². The number of hydrogen-bond donors (Lipinski definition) is 0. The lowest BCUT2D eigenvalue weighted by molar-refractivity contribution is -0.211. The molecule has 0 aliphatic rings. The Morgan fingerprint density at radius 2 is 1.72 bits per heavy atom. The molecular formula is C21H20F3N.